The molecule has 1 N–H and O–H groups in total. The van der Waals surface area contributed by atoms with Crippen molar-refractivity contribution in [1.29, 1.82) is 0 Å². The molecular weight excluding hydrogens is 280 g/mol. The van der Waals surface area contributed by atoms with Crippen LogP contribution in [0, 0.1) is 6.92 Å². The molecule has 6 heteroatoms. The van der Waals surface area contributed by atoms with Crippen LogP contribution in [0.15, 0.2) is 35.4 Å². The molecule has 6 nitrogen and oxygen atoms in total. The molecule has 0 radical (unpaired) electrons. The number of carbonyl (C=O) groups is 1. The van der Waals surface area contributed by atoms with Crippen LogP contribution in [-0.2, 0) is 5.54 Å². The molecule has 22 heavy (non-hydrogen) atoms. The average molecular weight is 298 g/mol. The van der Waals surface area contributed by atoms with Crippen molar-refractivity contribution in [2.24, 2.45) is 0 Å². The molecule has 0 spiro atoms. The minimum Gasteiger partial charge on any atom is -0.326 e. The Kier molecular flexibility index (Phi) is 3.52. The van der Waals surface area contributed by atoms with Gasteiger partial charge in [-0.1, -0.05) is 0 Å². The summed E-state index contributed by atoms with van der Waals surface area (Å²) in [5.74, 6) is 0.490. The number of hydrogen-bond donors (Lipinski definition) is 1. The molecular formula is C16H18N4O2. The number of carbonyl (C=O) groups excluding carboxylic acids is 1. The van der Waals surface area contributed by atoms with E-state index in [1.165, 1.54) is 6.07 Å². The summed E-state index contributed by atoms with van der Waals surface area (Å²) in [4.78, 5) is 37.5. The van der Waals surface area contributed by atoms with Crippen LogP contribution in [0.4, 0.5) is 0 Å². The highest BCUT2D eigenvalue weighted by Gasteiger charge is 2.43. The van der Waals surface area contributed by atoms with E-state index < -0.39 is 5.54 Å². The maximum atomic E-state index is 12.8. The Morgan fingerprint density at radius 2 is 2.09 bits per heavy atom. The van der Waals surface area contributed by atoms with Gasteiger partial charge in [0, 0.05) is 36.3 Å². The van der Waals surface area contributed by atoms with Gasteiger partial charge in [0.05, 0.1) is 5.54 Å². The smallest absolute Gasteiger partial charge is 0.254 e. The maximum absolute atomic E-state index is 12.8. The number of aromatic nitrogens is 3. The Balaban J connectivity index is 2.01. The van der Waals surface area contributed by atoms with Gasteiger partial charge in [-0.15, -0.1) is 0 Å². The fourth-order valence-corrected chi connectivity index (χ4v) is 3.02. The lowest BCUT2D eigenvalue weighted by Gasteiger charge is -2.34. The lowest BCUT2D eigenvalue weighted by molar-refractivity contribution is 0.0603. The summed E-state index contributed by atoms with van der Waals surface area (Å²) in [6.07, 6.45) is 4.86. The second-order valence-corrected chi connectivity index (χ2v) is 5.81. The fourth-order valence-electron chi connectivity index (χ4n) is 3.02. The molecule has 0 saturated carbocycles. The van der Waals surface area contributed by atoms with Crippen LogP contribution in [0.1, 0.15) is 41.6 Å². The van der Waals surface area contributed by atoms with Crippen molar-refractivity contribution < 1.29 is 4.79 Å². The predicted octanol–water partition coefficient (Wildman–Crippen LogP) is 1.62. The molecule has 3 heterocycles. The lowest BCUT2D eigenvalue weighted by atomic mass is 9.96. The molecule has 1 atom stereocenters. The Hall–Kier alpha value is -2.50. The fraction of sp³-hybridized carbons (Fsp3) is 0.375. The monoisotopic (exact) mass is 298 g/mol. The number of nitrogens with one attached hydrogen (secondary N) is 1. The van der Waals surface area contributed by atoms with Crippen molar-refractivity contribution in [3.8, 4) is 0 Å². The third-order valence-corrected chi connectivity index (χ3v) is 4.19. The second-order valence-electron chi connectivity index (χ2n) is 5.81. The summed E-state index contributed by atoms with van der Waals surface area (Å²) in [5, 5.41) is 0. The molecule has 1 amide bonds. The lowest BCUT2D eigenvalue weighted by Crippen LogP contribution is -2.44. The van der Waals surface area contributed by atoms with Crippen molar-refractivity contribution in [3.63, 3.8) is 0 Å². The molecule has 1 fully saturated rings. The molecule has 1 aliphatic heterocycles. The molecule has 2 aromatic rings. The highest BCUT2D eigenvalue weighted by Crippen LogP contribution is 2.37. The van der Waals surface area contributed by atoms with E-state index in [4.69, 9.17) is 0 Å². The van der Waals surface area contributed by atoms with E-state index in [2.05, 4.69) is 15.0 Å². The number of nitrogens with zero attached hydrogens (tertiary/aromatic N) is 3. The molecule has 1 unspecified atom stereocenters. The van der Waals surface area contributed by atoms with E-state index in [1.807, 2.05) is 6.92 Å². The van der Waals surface area contributed by atoms with Crippen molar-refractivity contribution in [1.82, 2.24) is 19.9 Å². The quantitative estimate of drug-likeness (QED) is 0.914. The van der Waals surface area contributed by atoms with Crippen LogP contribution in [0.2, 0.25) is 0 Å². The predicted molar refractivity (Wildman–Crippen MR) is 81.5 cm³/mol. The summed E-state index contributed by atoms with van der Waals surface area (Å²) < 4.78 is 0. The molecule has 3 rings (SSSR count). The number of rotatable bonds is 2. The molecule has 114 valence electrons. The molecule has 2 aromatic heterocycles. The Bertz CT molecular complexity index is 756. The largest absolute Gasteiger partial charge is 0.326 e. The van der Waals surface area contributed by atoms with E-state index in [-0.39, 0.29) is 11.5 Å². The summed E-state index contributed by atoms with van der Waals surface area (Å²) in [5.41, 5.74) is 0.471. The number of pyridine rings is 1. The van der Waals surface area contributed by atoms with Gasteiger partial charge in [-0.05, 0) is 38.8 Å². The first-order chi connectivity index (χ1) is 10.5. The van der Waals surface area contributed by atoms with Crippen molar-refractivity contribution >= 4 is 5.91 Å². The average Bonchev–Trinajstić information content (AvgIpc) is 2.90. The number of hydrogen-bond acceptors (Lipinski definition) is 4. The third-order valence-electron chi connectivity index (χ3n) is 4.19. The summed E-state index contributed by atoms with van der Waals surface area (Å²) in [7, 11) is 0. The standard InChI is InChI=1S/C16H18N4O2/c1-11-10-13(21)19-15(18-11)16(2)6-3-9-20(16)14(22)12-4-7-17-8-5-12/h4-5,7-8,10H,3,6,9H2,1-2H3,(H,18,19,21). The first-order valence-electron chi connectivity index (χ1n) is 7.31. The Morgan fingerprint density at radius 1 is 1.36 bits per heavy atom. The Morgan fingerprint density at radius 3 is 2.77 bits per heavy atom. The van der Waals surface area contributed by atoms with E-state index in [1.54, 1.807) is 36.4 Å². The van der Waals surface area contributed by atoms with Gasteiger partial charge in [0.25, 0.3) is 11.5 Å². The summed E-state index contributed by atoms with van der Waals surface area (Å²) in [6, 6.07) is 4.86. The van der Waals surface area contributed by atoms with Crippen molar-refractivity contribution in [2.75, 3.05) is 6.54 Å². The van der Waals surface area contributed by atoms with Crippen LogP contribution < -0.4 is 5.56 Å². The zero-order valence-electron chi connectivity index (χ0n) is 12.7. The normalized spacial score (nSPS) is 21.1. The zero-order chi connectivity index (χ0) is 15.7. The second kappa shape index (κ2) is 5.36. The van der Waals surface area contributed by atoms with Gasteiger partial charge in [0.1, 0.15) is 5.82 Å². The number of aryl methyl sites for hydroxylation is 1. The highest BCUT2D eigenvalue weighted by atomic mass is 16.2. The minimum atomic E-state index is -0.592. The van der Waals surface area contributed by atoms with Crippen LogP contribution in [0.25, 0.3) is 0 Å². The number of H-pyrrole nitrogens is 1. The summed E-state index contributed by atoms with van der Waals surface area (Å²) >= 11 is 0. The van der Waals surface area contributed by atoms with Gasteiger partial charge in [-0.2, -0.15) is 0 Å². The van der Waals surface area contributed by atoms with Gasteiger partial charge < -0.3 is 9.88 Å². The van der Waals surface area contributed by atoms with Gasteiger partial charge >= 0.3 is 0 Å². The van der Waals surface area contributed by atoms with Crippen molar-refractivity contribution in [2.45, 2.75) is 32.2 Å². The zero-order valence-corrected chi connectivity index (χ0v) is 12.7. The van der Waals surface area contributed by atoms with E-state index in [0.717, 1.165) is 12.8 Å². The molecule has 0 aromatic carbocycles. The van der Waals surface area contributed by atoms with Crippen LogP contribution in [0.5, 0.6) is 0 Å². The van der Waals surface area contributed by atoms with Gasteiger partial charge in [-0.3, -0.25) is 14.6 Å². The minimum absolute atomic E-state index is 0.0634. The maximum Gasteiger partial charge on any atom is 0.254 e. The molecule has 0 bridgehead atoms. The third kappa shape index (κ3) is 2.41. The van der Waals surface area contributed by atoms with Crippen LogP contribution in [0.3, 0.4) is 0 Å². The van der Waals surface area contributed by atoms with E-state index >= 15 is 0 Å². The topological polar surface area (TPSA) is 79.0 Å². The van der Waals surface area contributed by atoms with E-state index in [0.29, 0.717) is 23.6 Å². The Labute approximate surface area is 128 Å². The van der Waals surface area contributed by atoms with Gasteiger partial charge in [0.2, 0.25) is 0 Å². The number of likely N-dealkylation sites (tertiary alicyclic amines) is 1. The van der Waals surface area contributed by atoms with E-state index in [9.17, 15) is 9.59 Å². The number of aromatic amines is 1. The summed E-state index contributed by atoms with van der Waals surface area (Å²) in [6.45, 7) is 4.39. The molecule has 1 aliphatic rings. The van der Waals surface area contributed by atoms with Gasteiger partial charge in [-0.25, -0.2) is 4.98 Å². The van der Waals surface area contributed by atoms with Crippen LogP contribution >= 0.6 is 0 Å². The first kappa shape index (κ1) is 14.4. The SMILES string of the molecule is Cc1cc(=O)[nH]c(C2(C)CCCN2C(=O)c2ccncc2)n1. The molecule has 1 saturated heterocycles. The number of amides is 1. The van der Waals surface area contributed by atoms with Gasteiger partial charge in [0.15, 0.2) is 0 Å². The van der Waals surface area contributed by atoms with Crippen LogP contribution in [-0.4, -0.2) is 32.3 Å². The highest BCUT2D eigenvalue weighted by molar-refractivity contribution is 5.94. The van der Waals surface area contributed by atoms with Crippen molar-refractivity contribution in [3.05, 3.63) is 58.0 Å². The molecule has 0 aliphatic carbocycles. The first-order valence-corrected chi connectivity index (χ1v) is 7.31.